The Balaban J connectivity index is 2.27. The van der Waals surface area contributed by atoms with E-state index in [0.717, 1.165) is 14.5 Å². The van der Waals surface area contributed by atoms with Gasteiger partial charge in [0.1, 0.15) is 6.04 Å². The van der Waals surface area contributed by atoms with Crippen LogP contribution in [-0.4, -0.2) is 34.5 Å². The van der Waals surface area contributed by atoms with Crippen LogP contribution in [0.3, 0.4) is 0 Å². The van der Waals surface area contributed by atoms with Crippen molar-refractivity contribution in [2.45, 2.75) is 19.4 Å². The molecular weight excluding hydrogens is 366 g/mol. The molecule has 0 bridgehead atoms. The molecule has 1 aliphatic heterocycles. The van der Waals surface area contributed by atoms with Gasteiger partial charge >= 0.3 is 5.97 Å². The minimum Gasteiger partial charge on any atom is -0.480 e. The van der Waals surface area contributed by atoms with Crippen LogP contribution < -0.4 is 0 Å². The summed E-state index contributed by atoms with van der Waals surface area (Å²) in [5.41, 5.74) is 1.50. The van der Waals surface area contributed by atoms with Crippen molar-refractivity contribution in [3.63, 3.8) is 0 Å². The van der Waals surface area contributed by atoms with Gasteiger partial charge in [-0.05, 0) is 31.0 Å². The first-order valence-corrected chi connectivity index (χ1v) is 7.00. The average Bonchev–Trinajstić information content (AvgIpc) is 2.22. The zero-order chi connectivity index (χ0) is 13.4. The lowest BCUT2D eigenvalue weighted by molar-refractivity contribution is -0.146. The maximum absolute atomic E-state index is 12.2. The Kier molecular flexibility index (Phi) is 3.77. The third kappa shape index (κ3) is 2.31. The van der Waals surface area contributed by atoms with Crippen LogP contribution in [0.25, 0.3) is 0 Å². The molecule has 1 fully saturated rings. The summed E-state index contributed by atoms with van der Waals surface area (Å²) < 4.78 is 1.65. The van der Waals surface area contributed by atoms with Gasteiger partial charge in [0.05, 0.1) is 0 Å². The van der Waals surface area contributed by atoms with Gasteiger partial charge in [0.15, 0.2) is 0 Å². The minimum atomic E-state index is -0.945. The molecule has 1 aromatic rings. The van der Waals surface area contributed by atoms with Crippen LogP contribution in [0.4, 0.5) is 0 Å². The molecule has 0 saturated carbocycles. The van der Waals surface area contributed by atoms with Crippen molar-refractivity contribution in [1.29, 1.82) is 0 Å². The maximum Gasteiger partial charge on any atom is 0.326 e. The fourth-order valence-corrected chi connectivity index (χ4v) is 3.01. The van der Waals surface area contributed by atoms with Gasteiger partial charge in [0, 0.05) is 21.1 Å². The number of carbonyl (C=O) groups is 2. The Morgan fingerprint density at radius 3 is 2.28 bits per heavy atom. The number of benzene rings is 1. The molecule has 0 spiro atoms. The van der Waals surface area contributed by atoms with Gasteiger partial charge in [-0.15, -0.1) is 0 Å². The Hall–Kier alpha value is -0.880. The van der Waals surface area contributed by atoms with E-state index in [2.05, 4.69) is 31.9 Å². The molecule has 1 amide bonds. The summed E-state index contributed by atoms with van der Waals surface area (Å²) in [7, 11) is 0. The molecule has 1 heterocycles. The number of carboxylic acids is 1. The molecule has 96 valence electrons. The number of carboxylic acid groups (broad SMARTS) is 1. The SMILES string of the molecule is Cc1c(Br)cc(C(=O)N2CC[C@@H]2C(=O)O)cc1Br. The Morgan fingerprint density at radius 1 is 1.33 bits per heavy atom. The second-order valence-corrected chi connectivity index (χ2v) is 5.91. The summed E-state index contributed by atoms with van der Waals surface area (Å²) in [6, 6.07) is 2.76. The molecular formula is C12H11Br2NO3. The molecule has 1 aliphatic rings. The summed E-state index contributed by atoms with van der Waals surface area (Å²) >= 11 is 6.76. The summed E-state index contributed by atoms with van der Waals surface area (Å²) in [5.74, 6) is -1.19. The quantitative estimate of drug-likeness (QED) is 0.863. The zero-order valence-corrected chi connectivity index (χ0v) is 12.8. The number of likely N-dealkylation sites (tertiary alicyclic amines) is 1. The predicted molar refractivity (Wildman–Crippen MR) is 73.7 cm³/mol. The number of hydrogen-bond donors (Lipinski definition) is 1. The van der Waals surface area contributed by atoms with Crippen molar-refractivity contribution in [2.75, 3.05) is 6.54 Å². The van der Waals surface area contributed by atoms with Gasteiger partial charge in [-0.3, -0.25) is 4.79 Å². The second kappa shape index (κ2) is 5.01. The van der Waals surface area contributed by atoms with Gasteiger partial charge < -0.3 is 10.0 Å². The van der Waals surface area contributed by atoms with E-state index in [1.807, 2.05) is 6.92 Å². The predicted octanol–water partition coefficient (Wildman–Crippen LogP) is 2.82. The molecule has 18 heavy (non-hydrogen) atoms. The maximum atomic E-state index is 12.2. The molecule has 0 radical (unpaired) electrons. The number of hydrogen-bond acceptors (Lipinski definition) is 2. The lowest BCUT2D eigenvalue weighted by Crippen LogP contribution is -2.55. The summed E-state index contributed by atoms with van der Waals surface area (Å²) in [6.45, 7) is 2.42. The third-order valence-corrected chi connectivity index (χ3v) is 4.74. The highest BCUT2D eigenvalue weighted by Crippen LogP contribution is 2.28. The molecule has 0 aliphatic carbocycles. The van der Waals surface area contributed by atoms with Gasteiger partial charge in [-0.25, -0.2) is 4.79 Å². The summed E-state index contributed by atoms with van der Waals surface area (Å²) in [4.78, 5) is 24.5. The smallest absolute Gasteiger partial charge is 0.326 e. The normalized spacial score (nSPS) is 18.4. The highest BCUT2D eigenvalue weighted by atomic mass is 79.9. The van der Waals surface area contributed by atoms with E-state index in [0.29, 0.717) is 18.5 Å². The van der Waals surface area contributed by atoms with Gasteiger partial charge in [0.25, 0.3) is 5.91 Å². The largest absolute Gasteiger partial charge is 0.480 e. The van der Waals surface area contributed by atoms with Crippen LogP contribution in [0.1, 0.15) is 22.3 Å². The van der Waals surface area contributed by atoms with E-state index in [1.165, 1.54) is 4.90 Å². The van der Waals surface area contributed by atoms with Crippen LogP contribution in [0.15, 0.2) is 21.1 Å². The molecule has 0 aromatic heterocycles. The lowest BCUT2D eigenvalue weighted by Gasteiger charge is -2.38. The van der Waals surface area contributed by atoms with E-state index < -0.39 is 12.0 Å². The number of halogens is 2. The molecule has 1 saturated heterocycles. The molecule has 0 unspecified atom stereocenters. The molecule has 1 N–H and O–H groups in total. The first-order valence-electron chi connectivity index (χ1n) is 5.41. The Morgan fingerprint density at radius 2 is 1.89 bits per heavy atom. The van der Waals surface area contributed by atoms with Crippen LogP contribution >= 0.6 is 31.9 Å². The Labute approximate surface area is 121 Å². The molecule has 4 nitrogen and oxygen atoms in total. The monoisotopic (exact) mass is 375 g/mol. The molecule has 1 atom stereocenters. The van der Waals surface area contributed by atoms with E-state index in [4.69, 9.17) is 5.11 Å². The molecule has 1 aromatic carbocycles. The highest BCUT2D eigenvalue weighted by molar-refractivity contribution is 9.11. The number of aliphatic carboxylic acids is 1. The summed E-state index contributed by atoms with van der Waals surface area (Å²) in [6.07, 6.45) is 0.523. The Bertz CT molecular complexity index is 507. The topological polar surface area (TPSA) is 57.6 Å². The molecule has 6 heteroatoms. The fourth-order valence-electron chi connectivity index (χ4n) is 1.82. The highest BCUT2D eigenvalue weighted by Gasteiger charge is 2.38. The third-order valence-electron chi connectivity index (χ3n) is 3.09. The number of rotatable bonds is 2. The van der Waals surface area contributed by atoms with Crippen molar-refractivity contribution < 1.29 is 14.7 Å². The minimum absolute atomic E-state index is 0.241. The van der Waals surface area contributed by atoms with Gasteiger partial charge in [-0.2, -0.15) is 0 Å². The summed E-state index contributed by atoms with van der Waals surface area (Å²) in [5, 5.41) is 8.94. The van der Waals surface area contributed by atoms with E-state index in [9.17, 15) is 9.59 Å². The van der Waals surface area contributed by atoms with Crippen molar-refractivity contribution in [1.82, 2.24) is 4.90 Å². The second-order valence-electron chi connectivity index (χ2n) is 4.21. The fraction of sp³-hybridized carbons (Fsp3) is 0.333. The van der Waals surface area contributed by atoms with E-state index >= 15 is 0 Å². The van der Waals surface area contributed by atoms with Crippen LogP contribution in [-0.2, 0) is 4.79 Å². The number of carbonyl (C=O) groups excluding carboxylic acids is 1. The standard InChI is InChI=1S/C12H11Br2NO3/c1-6-8(13)4-7(5-9(6)14)11(16)15-3-2-10(15)12(17)18/h4-5,10H,2-3H2,1H3,(H,17,18)/t10-/m1/s1. The van der Waals surface area contributed by atoms with Crippen molar-refractivity contribution in [3.8, 4) is 0 Å². The van der Waals surface area contributed by atoms with Crippen molar-refractivity contribution in [3.05, 3.63) is 32.2 Å². The van der Waals surface area contributed by atoms with Crippen LogP contribution in [0.2, 0.25) is 0 Å². The molecule has 2 rings (SSSR count). The zero-order valence-electron chi connectivity index (χ0n) is 9.61. The first-order chi connectivity index (χ1) is 8.41. The number of nitrogens with zero attached hydrogens (tertiary/aromatic N) is 1. The van der Waals surface area contributed by atoms with Crippen LogP contribution in [0.5, 0.6) is 0 Å². The lowest BCUT2D eigenvalue weighted by atomic mass is 10.0. The van der Waals surface area contributed by atoms with Gasteiger partial charge in [-0.1, -0.05) is 31.9 Å². The first kappa shape index (κ1) is 13.5. The van der Waals surface area contributed by atoms with E-state index in [1.54, 1.807) is 12.1 Å². The number of amides is 1. The van der Waals surface area contributed by atoms with Crippen molar-refractivity contribution >= 4 is 43.7 Å². The van der Waals surface area contributed by atoms with Crippen molar-refractivity contribution in [2.24, 2.45) is 0 Å². The average molecular weight is 377 g/mol. The van der Waals surface area contributed by atoms with E-state index in [-0.39, 0.29) is 5.91 Å². The van der Waals surface area contributed by atoms with Crippen LogP contribution in [0, 0.1) is 6.92 Å². The van der Waals surface area contributed by atoms with Gasteiger partial charge in [0.2, 0.25) is 0 Å².